The fraction of sp³-hybridized carbons (Fsp3) is 0.0667. The van der Waals surface area contributed by atoms with Crippen LogP contribution in [0.1, 0.15) is 0 Å². The van der Waals surface area contributed by atoms with Gasteiger partial charge in [-0.3, -0.25) is 21.0 Å². The second kappa shape index (κ2) is 9.00. The molecule has 2 aromatic rings. The molecule has 0 radical (unpaired) electrons. The third kappa shape index (κ3) is 5.69. The van der Waals surface area contributed by atoms with Gasteiger partial charge in [-0.1, -0.05) is 0 Å². The third-order valence-electron chi connectivity index (χ3n) is 3.11. The average Bonchev–Trinajstić information content (AvgIpc) is 2.62. The molecular formula is C15H13F2N5O3S2. The molecule has 0 aliphatic rings. The number of nitrogens with one attached hydrogen (secondary N) is 4. The fourth-order valence-corrected chi connectivity index (χ4v) is 2.23. The van der Waals surface area contributed by atoms with Gasteiger partial charge < -0.3 is 15.4 Å². The summed E-state index contributed by atoms with van der Waals surface area (Å²) in [5.41, 5.74) is 5.29. The molecule has 0 heterocycles. The van der Waals surface area contributed by atoms with Crippen LogP contribution in [0.4, 0.5) is 25.8 Å². The summed E-state index contributed by atoms with van der Waals surface area (Å²) >= 11 is 10.0. The van der Waals surface area contributed by atoms with E-state index in [0.29, 0.717) is 11.8 Å². The lowest BCUT2D eigenvalue weighted by molar-refractivity contribution is -0.384. The SMILES string of the molecule is COc1cc([N+](=O)[O-])ccc1NC(=S)NNC(=S)Nc1ccc(F)cc1F. The van der Waals surface area contributed by atoms with E-state index in [9.17, 15) is 18.9 Å². The first-order valence-corrected chi connectivity index (χ1v) is 8.03. The molecule has 2 aromatic carbocycles. The number of nitro benzene ring substituents is 1. The van der Waals surface area contributed by atoms with Crippen molar-refractivity contribution in [3.05, 3.63) is 58.1 Å². The van der Waals surface area contributed by atoms with Crippen LogP contribution in [0.3, 0.4) is 0 Å². The molecule has 142 valence electrons. The Morgan fingerprint density at radius 3 is 2.19 bits per heavy atom. The number of benzene rings is 2. The van der Waals surface area contributed by atoms with Crippen molar-refractivity contribution in [2.24, 2.45) is 0 Å². The zero-order valence-corrected chi connectivity index (χ0v) is 15.3. The highest BCUT2D eigenvalue weighted by atomic mass is 32.1. The molecule has 0 unspecified atom stereocenters. The van der Waals surface area contributed by atoms with Crippen LogP contribution < -0.4 is 26.2 Å². The molecule has 27 heavy (non-hydrogen) atoms. The largest absolute Gasteiger partial charge is 0.494 e. The number of nitro groups is 1. The zero-order chi connectivity index (χ0) is 20.0. The first-order valence-electron chi connectivity index (χ1n) is 7.21. The van der Waals surface area contributed by atoms with Crippen LogP contribution in [0, 0.1) is 21.7 Å². The number of methoxy groups -OCH3 is 1. The average molecular weight is 413 g/mol. The first kappa shape index (κ1) is 20.2. The minimum absolute atomic E-state index is 0.0217. The molecule has 12 heteroatoms. The maximum atomic E-state index is 13.6. The summed E-state index contributed by atoms with van der Waals surface area (Å²) in [6.45, 7) is 0. The molecule has 4 N–H and O–H groups in total. The summed E-state index contributed by atoms with van der Waals surface area (Å²) < 4.78 is 31.5. The van der Waals surface area contributed by atoms with E-state index < -0.39 is 16.6 Å². The van der Waals surface area contributed by atoms with E-state index in [0.717, 1.165) is 6.07 Å². The van der Waals surface area contributed by atoms with Gasteiger partial charge in [0.05, 0.1) is 29.5 Å². The summed E-state index contributed by atoms with van der Waals surface area (Å²) in [4.78, 5) is 10.2. The molecule has 8 nitrogen and oxygen atoms in total. The van der Waals surface area contributed by atoms with Gasteiger partial charge in [0, 0.05) is 12.1 Å². The number of hydrogen-bond donors (Lipinski definition) is 4. The van der Waals surface area contributed by atoms with Crippen LogP contribution in [0.2, 0.25) is 0 Å². The van der Waals surface area contributed by atoms with Gasteiger partial charge in [0.25, 0.3) is 5.69 Å². The number of non-ortho nitro benzene ring substituents is 1. The number of anilines is 2. The van der Waals surface area contributed by atoms with Gasteiger partial charge in [0.2, 0.25) is 0 Å². The highest BCUT2D eigenvalue weighted by Crippen LogP contribution is 2.28. The molecule has 2 rings (SSSR count). The first-order chi connectivity index (χ1) is 12.8. The standard InChI is InChI=1S/C15H13F2N5O3S2/c1-25-13-7-9(22(23)24)3-5-12(13)19-15(27)21-20-14(26)18-11-4-2-8(16)6-10(11)17/h2-7H,1H3,(H2,18,20,26)(H2,19,21,27). The summed E-state index contributed by atoms with van der Waals surface area (Å²) in [5, 5.41) is 16.1. The van der Waals surface area contributed by atoms with Crippen molar-refractivity contribution in [3.63, 3.8) is 0 Å². The number of rotatable bonds is 4. The van der Waals surface area contributed by atoms with Crippen molar-refractivity contribution < 1.29 is 18.4 Å². The van der Waals surface area contributed by atoms with Crippen molar-refractivity contribution in [1.29, 1.82) is 0 Å². The van der Waals surface area contributed by atoms with Crippen LogP contribution in [-0.2, 0) is 0 Å². The Morgan fingerprint density at radius 1 is 1.04 bits per heavy atom. The van der Waals surface area contributed by atoms with Gasteiger partial charge in [-0.15, -0.1) is 0 Å². The molecule has 0 bridgehead atoms. The van der Waals surface area contributed by atoms with E-state index in [2.05, 4.69) is 21.5 Å². The minimum Gasteiger partial charge on any atom is -0.494 e. The monoisotopic (exact) mass is 413 g/mol. The van der Waals surface area contributed by atoms with E-state index in [-0.39, 0.29) is 27.3 Å². The summed E-state index contributed by atoms with van der Waals surface area (Å²) in [6, 6.07) is 6.93. The second-order valence-electron chi connectivity index (χ2n) is 4.92. The molecule has 0 fully saturated rings. The van der Waals surface area contributed by atoms with E-state index in [4.69, 9.17) is 29.2 Å². The summed E-state index contributed by atoms with van der Waals surface area (Å²) in [7, 11) is 1.36. The zero-order valence-electron chi connectivity index (χ0n) is 13.7. The lowest BCUT2D eigenvalue weighted by atomic mass is 10.2. The number of hydrazine groups is 1. The quantitative estimate of drug-likeness (QED) is 0.342. The van der Waals surface area contributed by atoms with E-state index in [1.165, 1.54) is 31.4 Å². The topological polar surface area (TPSA) is 100 Å². The molecule has 0 saturated carbocycles. The molecule has 0 spiro atoms. The Labute approximate surface area is 163 Å². The smallest absolute Gasteiger partial charge is 0.273 e. The van der Waals surface area contributed by atoms with Crippen molar-refractivity contribution in [2.45, 2.75) is 0 Å². The van der Waals surface area contributed by atoms with Gasteiger partial charge in [0.1, 0.15) is 17.4 Å². The van der Waals surface area contributed by atoms with Crippen LogP contribution in [0.25, 0.3) is 0 Å². The number of nitrogens with zero attached hydrogens (tertiary/aromatic N) is 1. The maximum Gasteiger partial charge on any atom is 0.273 e. The molecule has 0 atom stereocenters. The summed E-state index contributed by atoms with van der Waals surface area (Å²) in [5.74, 6) is -1.31. The Kier molecular flexibility index (Phi) is 6.73. The Bertz CT molecular complexity index is 898. The Hall–Kier alpha value is -3.12. The van der Waals surface area contributed by atoms with Crippen LogP contribution >= 0.6 is 24.4 Å². The number of hydrogen-bond acceptors (Lipinski definition) is 5. The van der Waals surface area contributed by atoms with Crippen LogP contribution in [-0.4, -0.2) is 22.3 Å². The maximum absolute atomic E-state index is 13.6. The van der Waals surface area contributed by atoms with Gasteiger partial charge in [-0.25, -0.2) is 8.78 Å². The molecule has 0 aliphatic carbocycles. The lowest BCUT2D eigenvalue weighted by Gasteiger charge is -2.16. The highest BCUT2D eigenvalue weighted by Gasteiger charge is 2.12. The van der Waals surface area contributed by atoms with Crippen LogP contribution in [0.5, 0.6) is 5.75 Å². The number of thiocarbonyl (C=S) groups is 2. The predicted octanol–water partition coefficient (Wildman–Crippen LogP) is 3.07. The highest BCUT2D eigenvalue weighted by molar-refractivity contribution is 7.81. The van der Waals surface area contributed by atoms with E-state index in [1.807, 2.05) is 0 Å². The number of halogens is 2. The molecular weight excluding hydrogens is 400 g/mol. The Balaban J connectivity index is 1.92. The molecule has 0 saturated heterocycles. The third-order valence-corrected chi connectivity index (χ3v) is 3.52. The van der Waals surface area contributed by atoms with Gasteiger partial charge >= 0.3 is 0 Å². The van der Waals surface area contributed by atoms with Crippen molar-refractivity contribution in [1.82, 2.24) is 10.9 Å². The normalized spacial score (nSPS) is 9.89. The summed E-state index contributed by atoms with van der Waals surface area (Å²) in [6.07, 6.45) is 0. The van der Waals surface area contributed by atoms with E-state index in [1.54, 1.807) is 0 Å². The second-order valence-corrected chi connectivity index (χ2v) is 5.74. The van der Waals surface area contributed by atoms with Gasteiger partial charge in [-0.2, -0.15) is 0 Å². The van der Waals surface area contributed by atoms with Crippen LogP contribution in [0.15, 0.2) is 36.4 Å². The number of ether oxygens (including phenoxy) is 1. The van der Waals surface area contributed by atoms with Crippen molar-refractivity contribution in [2.75, 3.05) is 17.7 Å². The molecule has 0 aliphatic heterocycles. The minimum atomic E-state index is -0.810. The lowest BCUT2D eigenvalue weighted by Crippen LogP contribution is -2.45. The molecule has 0 amide bonds. The fourth-order valence-electron chi connectivity index (χ4n) is 1.91. The van der Waals surface area contributed by atoms with Gasteiger partial charge in [-0.05, 0) is 42.6 Å². The van der Waals surface area contributed by atoms with E-state index >= 15 is 0 Å². The van der Waals surface area contributed by atoms with Gasteiger partial charge in [0.15, 0.2) is 10.2 Å². The Morgan fingerprint density at radius 2 is 1.63 bits per heavy atom. The molecule has 0 aromatic heterocycles. The predicted molar refractivity (Wildman–Crippen MR) is 105 cm³/mol. The van der Waals surface area contributed by atoms with Crippen molar-refractivity contribution >= 4 is 51.7 Å². The van der Waals surface area contributed by atoms with Crippen molar-refractivity contribution in [3.8, 4) is 5.75 Å².